The number of aromatic nitrogens is 4. The Bertz CT molecular complexity index is 460. The van der Waals surface area contributed by atoms with Gasteiger partial charge in [0.25, 0.3) is 5.95 Å². The monoisotopic (exact) mass is 203 g/mol. The van der Waals surface area contributed by atoms with Crippen LogP contribution in [0.15, 0.2) is 24.5 Å². The van der Waals surface area contributed by atoms with Crippen LogP contribution in [0, 0.1) is 0 Å². The van der Waals surface area contributed by atoms with E-state index >= 15 is 0 Å². The first kappa shape index (κ1) is 9.64. The van der Waals surface area contributed by atoms with Crippen LogP contribution in [0.5, 0.6) is 0 Å². The molecule has 0 saturated heterocycles. The van der Waals surface area contributed by atoms with Crippen LogP contribution in [-0.2, 0) is 0 Å². The quantitative estimate of drug-likeness (QED) is 0.800. The molecular formula is C10H13N5. The molecule has 0 aliphatic carbocycles. The lowest BCUT2D eigenvalue weighted by molar-refractivity contribution is 0.743. The summed E-state index contributed by atoms with van der Waals surface area (Å²) in [6.45, 7) is 4.18. The molecule has 0 atom stereocenters. The van der Waals surface area contributed by atoms with E-state index in [1.54, 1.807) is 16.9 Å². The van der Waals surface area contributed by atoms with Crippen LogP contribution in [0.1, 0.15) is 25.5 Å². The highest BCUT2D eigenvalue weighted by molar-refractivity contribution is 5.29. The maximum Gasteiger partial charge on any atom is 0.252 e. The molecule has 0 aromatic carbocycles. The van der Waals surface area contributed by atoms with Crippen LogP contribution in [0.25, 0.3) is 5.95 Å². The van der Waals surface area contributed by atoms with Crippen LogP contribution < -0.4 is 5.73 Å². The van der Waals surface area contributed by atoms with E-state index in [0.717, 1.165) is 5.69 Å². The molecular weight excluding hydrogens is 190 g/mol. The number of hydrogen-bond acceptors (Lipinski definition) is 4. The van der Waals surface area contributed by atoms with Gasteiger partial charge >= 0.3 is 0 Å². The number of rotatable bonds is 2. The maximum absolute atomic E-state index is 5.57. The fraction of sp³-hybridized carbons (Fsp3) is 0.300. The van der Waals surface area contributed by atoms with Gasteiger partial charge in [0.05, 0.1) is 5.69 Å². The average molecular weight is 203 g/mol. The summed E-state index contributed by atoms with van der Waals surface area (Å²) < 4.78 is 1.63. The average Bonchev–Trinajstić information content (AvgIpc) is 2.66. The van der Waals surface area contributed by atoms with Crippen LogP contribution in [-0.4, -0.2) is 19.7 Å². The van der Waals surface area contributed by atoms with Crippen molar-refractivity contribution < 1.29 is 0 Å². The number of hydrogen-bond donors (Lipinski definition) is 1. The first-order valence-corrected chi connectivity index (χ1v) is 4.81. The van der Waals surface area contributed by atoms with Gasteiger partial charge in [0.1, 0.15) is 5.82 Å². The Hall–Kier alpha value is -1.91. The van der Waals surface area contributed by atoms with Gasteiger partial charge in [-0.25, -0.2) is 9.67 Å². The molecule has 2 aromatic heterocycles. The summed E-state index contributed by atoms with van der Waals surface area (Å²) >= 11 is 0. The Morgan fingerprint density at radius 1 is 1.33 bits per heavy atom. The molecule has 0 saturated carbocycles. The molecule has 0 aliphatic heterocycles. The first-order valence-electron chi connectivity index (χ1n) is 4.81. The van der Waals surface area contributed by atoms with Crippen molar-refractivity contribution in [2.24, 2.45) is 0 Å². The molecule has 0 fully saturated rings. The third kappa shape index (κ3) is 1.96. The zero-order chi connectivity index (χ0) is 10.8. The van der Waals surface area contributed by atoms with E-state index in [1.807, 2.05) is 12.3 Å². The summed E-state index contributed by atoms with van der Waals surface area (Å²) in [5.41, 5.74) is 6.59. The summed E-state index contributed by atoms with van der Waals surface area (Å²) in [6, 6.07) is 3.60. The van der Waals surface area contributed by atoms with Gasteiger partial charge in [0, 0.05) is 12.4 Å². The van der Waals surface area contributed by atoms with Gasteiger partial charge in [0.2, 0.25) is 0 Å². The maximum atomic E-state index is 5.57. The normalized spacial score (nSPS) is 10.9. The van der Waals surface area contributed by atoms with Gasteiger partial charge in [-0.1, -0.05) is 13.8 Å². The van der Waals surface area contributed by atoms with Crippen molar-refractivity contribution in [3.63, 3.8) is 0 Å². The minimum atomic E-state index is 0.396. The third-order valence-electron chi connectivity index (χ3n) is 2.07. The highest BCUT2D eigenvalue weighted by Crippen LogP contribution is 2.12. The lowest BCUT2D eigenvalue weighted by atomic mass is 10.1. The highest BCUT2D eigenvalue weighted by Gasteiger charge is 2.06. The third-order valence-corrected chi connectivity index (χ3v) is 2.07. The van der Waals surface area contributed by atoms with Gasteiger partial charge in [-0.15, -0.1) is 0 Å². The summed E-state index contributed by atoms with van der Waals surface area (Å²) in [5.74, 6) is 1.34. The molecule has 0 amide bonds. The molecule has 15 heavy (non-hydrogen) atoms. The van der Waals surface area contributed by atoms with Gasteiger partial charge < -0.3 is 5.73 Å². The Labute approximate surface area is 88.0 Å². The number of nitrogens with two attached hydrogens (primary N) is 1. The Morgan fingerprint density at radius 3 is 2.73 bits per heavy atom. The molecule has 0 radical (unpaired) electrons. The summed E-state index contributed by atoms with van der Waals surface area (Å²) in [5, 5.41) is 4.36. The van der Waals surface area contributed by atoms with E-state index in [-0.39, 0.29) is 0 Å². The molecule has 0 aliphatic rings. The van der Waals surface area contributed by atoms with Crippen molar-refractivity contribution in [3.05, 3.63) is 30.2 Å². The van der Waals surface area contributed by atoms with E-state index in [9.17, 15) is 0 Å². The first-order chi connectivity index (χ1) is 7.16. The Kier molecular flexibility index (Phi) is 2.37. The zero-order valence-electron chi connectivity index (χ0n) is 8.75. The highest BCUT2D eigenvalue weighted by atomic mass is 15.3. The summed E-state index contributed by atoms with van der Waals surface area (Å²) in [6.07, 6.45) is 3.46. The lowest BCUT2D eigenvalue weighted by Gasteiger charge is -2.00. The molecule has 5 heteroatoms. The van der Waals surface area contributed by atoms with E-state index in [0.29, 0.717) is 17.7 Å². The molecule has 78 valence electrons. The molecule has 0 spiro atoms. The van der Waals surface area contributed by atoms with Gasteiger partial charge in [-0.2, -0.15) is 10.1 Å². The molecule has 2 aromatic rings. The van der Waals surface area contributed by atoms with Crippen LogP contribution in [0.4, 0.5) is 5.82 Å². The van der Waals surface area contributed by atoms with Crippen molar-refractivity contribution in [2.45, 2.75) is 19.8 Å². The van der Waals surface area contributed by atoms with Crippen LogP contribution in [0.3, 0.4) is 0 Å². The zero-order valence-corrected chi connectivity index (χ0v) is 8.75. The fourth-order valence-corrected chi connectivity index (χ4v) is 1.23. The Morgan fingerprint density at radius 2 is 2.13 bits per heavy atom. The van der Waals surface area contributed by atoms with Gasteiger partial charge in [0.15, 0.2) is 0 Å². The summed E-state index contributed by atoms with van der Waals surface area (Å²) in [7, 11) is 0. The van der Waals surface area contributed by atoms with Gasteiger partial charge in [-0.05, 0) is 18.1 Å². The largest absolute Gasteiger partial charge is 0.384 e. The Balaban J connectivity index is 2.37. The van der Waals surface area contributed by atoms with Crippen molar-refractivity contribution >= 4 is 5.82 Å². The molecule has 0 bridgehead atoms. The molecule has 5 nitrogen and oxygen atoms in total. The van der Waals surface area contributed by atoms with Crippen molar-refractivity contribution in [1.29, 1.82) is 0 Å². The van der Waals surface area contributed by atoms with Gasteiger partial charge in [-0.3, -0.25) is 0 Å². The van der Waals surface area contributed by atoms with E-state index in [4.69, 9.17) is 5.73 Å². The minimum Gasteiger partial charge on any atom is -0.384 e. The number of nitrogens with zero attached hydrogens (tertiary/aromatic N) is 4. The van der Waals surface area contributed by atoms with E-state index in [2.05, 4.69) is 28.9 Å². The van der Waals surface area contributed by atoms with Crippen molar-refractivity contribution in [3.8, 4) is 5.95 Å². The fourth-order valence-electron chi connectivity index (χ4n) is 1.23. The standard InChI is InChI=1S/C10H13N5/c1-7(2)8-4-6-15(14-8)10-12-5-3-9(11)13-10/h3-7H,1-2H3,(H2,11,12,13). The smallest absolute Gasteiger partial charge is 0.252 e. The predicted molar refractivity (Wildman–Crippen MR) is 57.7 cm³/mol. The van der Waals surface area contributed by atoms with Crippen molar-refractivity contribution in [1.82, 2.24) is 19.7 Å². The van der Waals surface area contributed by atoms with Crippen molar-refractivity contribution in [2.75, 3.05) is 5.73 Å². The van der Waals surface area contributed by atoms with Crippen LogP contribution in [0.2, 0.25) is 0 Å². The minimum absolute atomic E-state index is 0.396. The molecule has 2 rings (SSSR count). The van der Waals surface area contributed by atoms with E-state index < -0.39 is 0 Å². The lowest BCUT2D eigenvalue weighted by Crippen LogP contribution is -2.04. The molecule has 0 unspecified atom stereocenters. The second-order valence-electron chi connectivity index (χ2n) is 3.62. The van der Waals surface area contributed by atoms with Crippen LogP contribution >= 0.6 is 0 Å². The SMILES string of the molecule is CC(C)c1ccn(-c2nccc(N)n2)n1. The number of nitrogen functional groups attached to an aromatic ring is 1. The second-order valence-corrected chi connectivity index (χ2v) is 3.62. The van der Waals surface area contributed by atoms with E-state index in [1.165, 1.54) is 0 Å². The molecule has 2 N–H and O–H groups in total. The predicted octanol–water partition coefficient (Wildman–Crippen LogP) is 1.37. The summed E-state index contributed by atoms with van der Waals surface area (Å²) in [4.78, 5) is 8.18. The molecule has 2 heterocycles. The number of anilines is 1. The second kappa shape index (κ2) is 3.68. The topological polar surface area (TPSA) is 69.6 Å².